The van der Waals surface area contributed by atoms with E-state index in [2.05, 4.69) is 16.0 Å². The molecule has 7 N–H and O–H groups in total. The molecule has 2 atom stereocenters. The summed E-state index contributed by atoms with van der Waals surface area (Å²) in [6, 6.07) is 4.31. The molecule has 0 fully saturated rings. The monoisotopic (exact) mass is 464 g/mol. The Labute approximate surface area is 192 Å². The van der Waals surface area contributed by atoms with Gasteiger partial charge in [-0.15, -0.1) is 0 Å². The standard InChI is InChI=1S/C22H32N4O7/c1-13(2)11-17(25-19(29)10-5-14-3-6-15(27)7-4-14)22(33)26-16(8-9-18(23)28)21(32)24-12-20(30)31/h3-4,6-7,13,16-17,27H,5,8-12H2,1-2H3,(H2,23,28)(H,24,32)(H,25,29)(H,26,33)(H,30,31)/t16-,17-/m0/s1. The van der Waals surface area contributed by atoms with Gasteiger partial charge in [-0.3, -0.25) is 24.0 Å². The van der Waals surface area contributed by atoms with E-state index in [0.29, 0.717) is 12.8 Å². The molecule has 182 valence electrons. The van der Waals surface area contributed by atoms with E-state index in [4.69, 9.17) is 10.8 Å². The topological polar surface area (TPSA) is 188 Å². The first kappa shape index (κ1) is 27.4. The number of nitrogens with two attached hydrogens (primary N) is 1. The SMILES string of the molecule is CC(C)C[C@H](NC(=O)CCc1ccc(O)cc1)C(=O)N[C@@H](CCC(N)=O)C(=O)NCC(=O)O. The Hall–Kier alpha value is -3.63. The van der Waals surface area contributed by atoms with E-state index < -0.39 is 42.3 Å². The predicted octanol–water partition coefficient (Wildman–Crippen LogP) is -0.193. The Morgan fingerprint density at radius 1 is 0.939 bits per heavy atom. The van der Waals surface area contributed by atoms with Gasteiger partial charge in [0.25, 0.3) is 0 Å². The molecule has 0 spiro atoms. The Bertz CT molecular complexity index is 840. The number of benzene rings is 1. The molecule has 1 aromatic carbocycles. The third-order valence-electron chi connectivity index (χ3n) is 4.66. The van der Waals surface area contributed by atoms with E-state index in [-0.39, 0.29) is 36.8 Å². The van der Waals surface area contributed by atoms with Crippen LogP contribution in [0.15, 0.2) is 24.3 Å². The third-order valence-corrected chi connectivity index (χ3v) is 4.66. The van der Waals surface area contributed by atoms with Crippen LogP contribution in [-0.4, -0.2) is 58.4 Å². The molecule has 1 rings (SSSR count). The lowest BCUT2D eigenvalue weighted by Crippen LogP contribution is -2.54. The molecule has 0 radical (unpaired) electrons. The Balaban J connectivity index is 2.80. The van der Waals surface area contributed by atoms with Crippen molar-refractivity contribution < 1.29 is 34.2 Å². The minimum absolute atomic E-state index is 0.0445. The van der Waals surface area contributed by atoms with Crippen LogP contribution in [0, 0.1) is 5.92 Å². The maximum atomic E-state index is 12.9. The molecular formula is C22H32N4O7. The van der Waals surface area contributed by atoms with Crippen molar-refractivity contribution in [2.24, 2.45) is 11.7 Å². The quantitative estimate of drug-likeness (QED) is 0.220. The summed E-state index contributed by atoms with van der Waals surface area (Å²) in [5.41, 5.74) is 5.97. The summed E-state index contributed by atoms with van der Waals surface area (Å²) < 4.78 is 0. The summed E-state index contributed by atoms with van der Waals surface area (Å²) >= 11 is 0. The fourth-order valence-electron chi connectivity index (χ4n) is 3.00. The second kappa shape index (κ2) is 13.7. The van der Waals surface area contributed by atoms with Gasteiger partial charge >= 0.3 is 5.97 Å². The molecule has 0 saturated heterocycles. The van der Waals surface area contributed by atoms with E-state index in [1.54, 1.807) is 12.1 Å². The minimum Gasteiger partial charge on any atom is -0.508 e. The van der Waals surface area contributed by atoms with Crippen molar-refractivity contribution in [2.75, 3.05) is 6.54 Å². The molecule has 0 unspecified atom stereocenters. The van der Waals surface area contributed by atoms with Crippen LogP contribution in [0.3, 0.4) is 0 Å². The van der Waals surface area contributed by atoms with Crippen molar-refractivity contribution in [3.05, 3.63) is 29.8 Å². The maximum absolute atomic E-state index is 12.9. The number of hydrogen-bond acceptors (Lipinski definition) is 6. The lowest BCUT2D eigenvalue weighted by Gasteiger charge is -2.24. The van der Waals surface area contributed by atoms with Crippen LogP contribution in [0.25, 0.3) is 0 Å². The van der Waals surface area contributed by atoms with Gasteiger partial charge in [-0.1, -0.05) is 26.0 Å². The summed E-state index contributed by atoms with van der Waals surface area (Å²) in [7, 11) is 0. The van der Waals surface area contributed by atoms with E-state index >= 15 is 0 Å². The van der Waals surface area contributed by atoms with E-state index in [1.807, 2.05) is 13.8 Å². The molecule has 1 aromatic rings. The average molecular weight is 465 g/mol. The first-order chi connectivity index (χ1) is 15.5. The number of nitrogens with one attached hydrogen (secondary N) is 3. The normalized spacial score (nSPS) is 12.5. The maximum Gasteiger partial charge on any atom is 0.322 e. The highest BCUT2D eigenvalue weighted by Gasteiger charge is 2.27. The molecule has 0 bridgehead atoms. The number of carboxylic acid groups (broad SMARTS) is 1. The van der Waals surface area contributed by atoms with Gasteiger partial charge in [-0.25, -0.2) is 0 Å². The molecule has 11 nitrogen and oxygen atoms in total. The smallest absolute Gasteiger partial charge is 0.322 e. The Morgan fingerprint density at radius 3 is 2.12 bits per heavy atom. The van der Waals surface area contributed by atoms with Gasteiger partial charge in [0, 0.05) is 12.8 Å². The summed E-state index contributed by atoms with van der Waals surface area (Å²) in [5, 5.41) is 25.4. The number of phenols is 1. The summed E-state index contributed by atoms with van der Waals surface area (Å²) in [5.74, 6) is -3.54. The van der Waals surface area contributed by atoms with Gasteiger partial charge in [0.1, 0.15) is 24.4 Å². The zero-order chi connectivity index (χ0) is 25.0. The number of aryl methyl sites for hydroxylation is 1. The van der Waals surface area contributed by atoms with Gasteiger partial charge in [0.2, 0.25) is 23.6 Å². The van der Waals surface area contributed by atoms with Gasteiger partial charge in [-0.05, 0) is 42.9 Å². The summed E-state index contributed by atoms with van der Waals surface area (Å²) in [6.07, 6.45) is 0.503. The first-order valence-corrected chi connectivity index (χ1v) is 10.6. The highest BCUT2D eigenvalue weighted by molar-refractivity contribution is 5.93. The molecule has 11 heteroatoms. The van der Waals surface area contributed by atoms with Gasteiger partial charge in [0.15, 0.2) is 0 Å². The third kappa shape index (κ3) is 11.5. The molecule has 0 heterocycles. The molecule has 0 aliphatic heterocycles. The minimum atomic E-state index is -1.26. The van der Waals surface area contributed by atoms with Crippen LogP contribution >= 0.6 is 0 Å². The second-order valence-electron chi connectivity index (χ2n) is 8.09. The molecule has 0 aliphatic carbocycles. The first-order valence-electron chi connectivity index (χ1n) is 10.6. The lowest BCUT2D eigenvalue weighted by molar-refractivity contribution is -0.138. The highest BCUT2D eigenvalue weighted by Crippen LogP contribution is 2.12. The summed E-state index contributed by atoms with van der Waals surface area (Å²) in [4.78, 5) is 59.4. The van der Waals surface area contributed by atoms with Crippen LogP contribution in [-0.2, 0) is 30.4 Å². The second-order valence-corrected chi connectivity index (χ2v) is 8.09. The molecule has 0 aliphatic rings. The molecule has 0 saturated carbocycles. The Kier molecular flexibility index (Phi) is 11.4. The fraction of sp³-hybridized carbons (Fsp3) is 0.500. The van der Waals surface area contributed by atoms with Crippen LogP contribution in [0.4, 0.5) is 0 Å². The van der Waals surface area contributed by atoms with Crippen molar-refractivity contribution in [3.8, 4) is 5.75 Å². The molecular weight excluding hydrogens is 432 g/mol. The number of carboxylic acids is 1. The van der Waals surface area contributed by atoms with Gasteiger partial charge in [0.05, 0.1) is 0 Å². The number of carbonyl (C=O) groups excluding carboxylic acids is 4. The number of aliphatic carboxylic acids is 1. The van der Waals surface area contributed by atoms with Crippen molar-refractivity contribution in [2.45, 2.75) is 58.0 Å². The van der Waals surface area contributed by atoms with E-state index in [0.717, 1.165) is 5.56 Å². The number of primary amides is 1. The molecule has 4 amide bonds. The van der Waals surface area contributed by atoms with Crippen LogP contribution in [0.2, 0.25) is 0 Å². The van der Waals surface area contributed by atoms with Gasteiger partial charge < -0.3 is 31.9 Å². The summed E-state index contributed by atoms with van der Waals surface area (Å²) in [6.45, 7) is 3.09. The molecule has 33 heavy (non-hydrogen) atoms. The zero-order valence-corrected chi connectivity index (χ0v) is 18.8. The van der Waals surface area contributed by atoms with E-state index in [1.165, 1.54) is 12.1 Å². The van der Waals surface area contributed by atoms with Crippen LogP contribution in [0.5, 0.6) is 5.75 Å². The number of rotatable bonds is 14. The van der Waals surface area contributed by atoms with Crippen molar-refractivity contribution in [3.63, 3.8) is 0 Å². The predicted molar refractivity (Wildman–Crippen MR) is 119 cm³/mol. The van der Waals surface area contributed by atoms with Crippen molar-refractivity contribution >= 4 is 29.6 Å². The van der Waals surface area contributed by atoms with Crippen LogP contribution < -0.4 is 21.7 Å². The number of amides is 4. The van der Waals surface area contributed by atoms with Crippen molar-refractivity contribution in [1.82, 2.24) is 16.0 Å². The van der Waals surface area contributed by atoms with Gasteiger partial charge in [-0.2, -0.15) is 0 Å². The lowest BCUT2D eigenvalue weighted by atomic mass is 10.0. The van der Waals surface area contributed by atoms with E-state index in [9.17, 15) is 29.1 Å². The number of hydrogen-bond donors (Lipinski definition) is 6. The highest BCUT2D eigenvalue weighted by atomic mass is 16.4. The van der Waals surface area contributed by atoms with Crippen molar-refractivity contribution in [1.29, 1.82) is 0 Å². The average Bonchev–Trinajstić information content (AvgIpc) is 2.73. The fourth-order valence-corrected chi connectivity index (χ4v) is 3.00. The number of carbonyl (C=O) groups is 5. The Morgan fingerprint density at radius 2 is 1.58 bits per heavy atom. The van der Waals surface area contributed by atoms with Crippen LogP contribution in [0.1, 0.15) is 45.1 Å². The zero-order valence-electron chi connectivity index (χ0n) is 18.8. The molecule has 0 aromatic heterocycles. The number of phenolic OH excluding ortho intramolecular Hbond substituents is 1. The number of aromatic hydroxyl groups is 1. The largest absolute Gasteiger partial charge is 0.508 e.